The predicted molar refractivity (Wildman–Crippen MR) is 97.0 cm³/mol. The van der Waals surface area contributed by atoms with Gasteiger partial charge in [-0.15, -0.1) is 0 Å². The zero-order valence-corrected chi connectivity index (χ0v) is 14.5. The summed E-state index contributed by atoms with van der Waals surface area (Å²) in [4.78, 5) is 26.4. The second-order valence-electron chi connectivity index (χ2n) is 6.16. The van der Waals surface area contributed by atoms with Gasteiger partial charge < -0.3 is 15.3 Å². The summed E-state index contributed by atoms with van der Waals surface area (Å²) in [6.07, 6.45) is -0.222. The number of para-hydroxylation sites is 1. The van der Waals surface area contributed by atoms with Gasteiger partial charge in [-0.05, 0) is 36.2 Å². The molecule has 0 atom stereocenters. The van der Waals surface area contributed by atoms with Crippen LogP contribution in [0.4, 0.5) is 10.1 Å². The van der Waals surface area contributed by atoms with Gasteiger partial charge in [0.2, 0.25) is 5.91 Å². The number of amides is 2. The summed E-state index contributed by atoms with van der Waals surface area (Å²) in [5, 5.41) is 13.0. The smallest absolute Gasteiger partial charge is 0.251 e. The fourth-order valence-corrected chi connectivity index (χ4v) is 3.04. The van der Waals surface area contributed by atoms with Crippen molar-refractivity contribution in [2.24, 2.45) is 0 Å². The Kier molecular flexibility index (Phi) is 4.75. The highest BCUT2D eigenvalue weighted by atomic mass is 19.1. The van der Waals surface area contributed by atoms with Crippen molar-refractivity contribution in [2.75, 3.05) is 11.9 Å². The van der Waals surface area contributed by atoms with E-state index in [1.165, 1.54) is 18.0 Å². The second-order valence-corrected chi connectivity index (χ2v) is 6.16. The lowest BCUT2D eigenvalue weighted by atomic mass is 10.1. The van der Waals surface area contributed by atoms with Crippen LogP contribution in [-0.4, -0.2) is 24.0 Å². The molecule has 0 unspecified atom stereocenters. The van der Waals surface area contributed by atoms with Crippen molar-refractivity contribution in [3.8, 4) is 0 Å². The van der Waals surface area contributed by atoms with Crippen LogP contribution in [0, 0.1) is 12.7 Å². The molecule has 0 saturated heterocycles. The molecular formula is C20H19FN2O3. The summed E-state index contributed by atoms with van der Waals surface area (Å²) in [6, 6.07) is 11.5. The number of aliphatic hydroxyl groups excluding tert-OH is 1. The quantitative estimate of drug-likeness (QED) is 0.890. The third-order valence-corrected chi connectivity index (χ3v) is 4.43. The van der Waals surface area contributed by atoms with Gasteiger partial charge in [0.1, 0.15) is 11.6 Å². The number of hydrogen-bond acceptors (Lipinski definition) is 3. The number of anilines is 1. The van der Waals surface area contributed by atoms with E-state index in [2.05, 4.69) is 5.32 Å². The van der Waals surface area contributed by atoms with Crippen LogP contribution in [0.1, 0.15) is 23.1 Å². The largest absolute Gasteiger partial charge is 0.507 e. The Hall–Kier alpha value is -3.15. The molecule has 5 nitrogen and oxygen atoms in total. The Bertz CT molecular complexity index is 921. The molecule has 0 spiro atoms. The van der Waals surface area contributed by atoms with Crippen LogP contribution in [0.2, 0.25) is 0 Å². The highest BCUT2D eigenvalue weighted by molar-refractivity contribution is 6.10. The van der Waals surface area contributed by atoms with Crippen molar-refractivity contribution in [3.63, 3.8) is 0 Å². The number of nitrogens with one attached hydrogen (secondary N) is 1. The summed E-state index contributed by atoms with van der Waals surface area (Å²) >= 11 is 0. The SMILES string of the molecule is CNC(=O)C1=C(O)c2ccccc2N(Cc2ccc(F)c(C)c2)C(=O)C1. The molecule has 2 aromatic carbocycles. The minimum atomic E-state index is -0.495. The van der Waals surface area contributed by atoms with Crippen LogP contribution >= 0.6 is 0 Å². The van der Waals surface area contributed by atoms with E-state index in [4.69, 9.17) is 0 Å². The van der Waals surface area contributed by atoms with Gasteiger partial charge in [0.15, 0.2) is 0 Å². The Morgan fingerprint density at radius 1 is 1.27 bits per heavy atom. The van der Waals surface area contributed by atoms with Gasteiger partial charge in [0.25, 0.3) is 5.91 Å². The van der Waals surface area contributed by atoms with Crippen molar-refractivity contribution in [3.05, 3.63) is 70.5 Å². The molecule has 1 aliphatic heterocycles. The van der Waals surface area contributed by atoms with Gasteiger partial charge in [0.05, 0.1) is 24.2 Å². The van der Waals surface area contributed by atoms with E-state index >= 15 is 0 Å². The third-order valence-electron chi connectivity index (χ3n) is 4.43. The van der Waals surface area contributed by atoms with Gasteiger partial charge in [-0.1, -0.05) is 24.3 Å². The van der Waals surface area contributed by atoms with Crippen molar-refractivity contribution in [1.29, 1.82) is 0 Å². The maximum Gasteiger partial charge on any atom is 0.251 e. The van der Waals surface area contributed by atoms with Crippen molar-refractivity contribution in [2.45, 2.75) is 19.9 Å². The molecule has 0 fully saturated rings. The molecule has 2 aromatic rings. The Balaban J connectivity index is 2.06. The molecule has 2 amide bonds. The number of carbonyl (C=O) groups excluding carboxylic acids is 2. The normalized spacial score (nSPS) is 14.1. The number of hydrogen-bond donors (Lipinski definition) is 2. The number of likely N-dealkylation sites (N-methyl/N-ethyl adjacent to an activating group) is 1. The zero-order valence-electron chi connectivity index (χ0n) is 14.5. The average molecular weight is 354 g/mol. The first-order chi connectivity index (χ1) is 12.4. The van der Waals surface area contributed by atoms with E-state index in [1.807, 2.05) is 0 Å². The number of halogens is 1. The van der Waals surface area contributed by atoms with Crippen molar-refractivity contribution in [1.82, 2.24) is 5.32 Å². The topological polar surface area (TPSA) is 69.6 Å². The lowest BCUT2D eigenvalue weighted by molar-refractivity contribution is -0.121. The maximum atomic E-state index is 13.5. The van der Waals surface area contributed by atoms with E-state index in [-0.39, 0.29) is 36.0 Å². The van der Waals surface area contributed by atoms with E-state index in [0.717, 1.165) is 5.56 Å². The van der Waals surface area contributed by atoms with E-state index in [0.29, 0.717) is 16.8 Å². The molecule has 134 valence electrons. The average Bonchev–Trinajstić information content (AvgIpc) is 2.74. The minimum absolute atomic E-state index is 0.0303. The summed E-state index contributed by atoms with van der Waals surface area (Å²) < 4.78 is 13.5. The zero-order chi connectivity index (χ0) is 18.8. The van der Waals surface area contributed by atoms with E-state index in [9.17, 15) is 19.1 Å². The number of benzene rings is 2. The van der Waals surface area contributed by atoms with Crippen molar-refractivity contribution < 1.29 is 19.1 Å². The Morgan fingerprint density at radius 2 is 2.00 bits per heavy atom. The third kappa shape index (κ3) is 3.18. The van der Waals surface area contributed by atoms with E-state index < -0.39 is 5.91 Å². The summed E-state index contributed by atoms with van der Waals surface area (Å²) in [6.45, 7) is 1.87. The van der Waals surface area contributed by atoms with Gasteiger partial charge in [0, 0.05) is 12.6 Å². The minimum Gasteiger partial charge on any atom is -0.507 e. The molecule has 0 bridgehead atoms. The molecule has 0 aliphatic carbocycles. The summed E-state index contributed by atoms with van der Waals surface area (Å²) in [5.74, 6) is -1.32. The molecule has 3 rings (SSSR count). The Morgan fingerprint density at radius 3 is 2.69 bits per heavy atom. The molecule has 26 heavy (non-hydrogen) atoms. The van der Waals surface area contributed by atoms with Gasteiger partial charge in [-0.3, -0.25) is 9.59 Å². The second kappa shape index (κ2) is 7.00. The van der Waals surface area contributed by atoms with Crippen LogP contribution in [-0.2, 0) is 16.1 Å². The summed E-state index contributed by atoms with van der Waals surface area (Å²) in [7, 11) is 1.45. The number of aryl methyl sites for hydroxylation is 1. The number of nitrogens with zero attached hydrogens (tertiary/aromatic N) is 1. The van der Waals surface area contributed by atoms with Gasteiger partial charge in [-0.25, -0.2) is 4.39 Å². The van der Waals surface area contributed by atoms with Crippen LogP contribution in [0.25, 0.3) is 5.76 Å². The monoisotopic (exact) mass is 354 g/mol. The van der Waals surface area contributed by atoms with Gasteiger partial charge >= 0.3 is 0 Å². The number of fused-ring (bicyclic) bond motifs is 1. The van der Waals surface area contributed by atoms with Crippen LogP contribution in [0.5, 0.6) is 0 Å². The molecule has 2 N–H and O–H groups in total. The van der Waals surface area contributed by atoms with Crippen molar-refractivity contribution >= 4 is 23.3 Å². The standard InChI is InChI=1S/C20H19FN2O3/c1-12-9-13(7-8-16(12)21)11-23-17-6-4-3-5-14(17)19(25)15(10-18(23)24)20(26)22-2/h3-9,25H,10-11H2,1-2H3,(H,22,26). The maximum absolute atomic E-state index is 13.5. The molecule has 6 heteroatoms. The predicted octanol–water partition coefficient (Wildman–Crippen LogP) is 3.09. The van der Waals surface area contributed by atoms with Crippen LogP contribution in [0.3, 0.4) is 0 Å². The molecular weight excluding hydrogens is 335 g/mol. The fourth-order valence-electron chi connectivity index (χ4n) is 3.04. The van der Waals surface area contributed by atoms with Crippen LogP contribution < -0.4 is 10.2 Å². The van der Waals surface area contributed by atoms with Gasteiger partial charge in [-0.2, -0.15) is 0 Å². The Labute approximate surface area is 150 Å². The lowest BCUT2D eigenvalue weighted by Crippen LogP contribution is -2.31. The molecule has 1 heterocycles. The highest BCUT2D eigenvalue weighted by Gasteiger charge is 2.30. The first-order valence-electron chi connectivity index (χ1n) is 8.21. The molecule has 0 radical (unpaired) electrons. The first kappa shape index (κ1) is 17.7. The van der Waals surface area contributed by atoms with Crippen LogP contribution in [0.15, 0.2) is 48.0 Å². The highest BCUT2D eigenvalue weighted by Crippen LogP contribution is 2.34. The number of rotatable bonds is 3. The first-order valence-corrected chi connectivity index (χ1v) is 8.21. The molecule has 0 aromatic heterocycles. The lowest BCUT2D eigenvalue weighted by Gasteiger charge is -2.23. The molecule has 0 saturated carbocycles. The van der Waals surface area contributed by atoms with E-state index in [1.54, 1.807) is 43.3 Å². The molecule has 1 aliphatic rings. The fraction of sp³-hybridized carbons (Fsp3) is 0.200. The number of aliphatic hydroxyl groups is 1. The number of carbonyl (C=O) groups is 2. The summed E-state index contributed by atoms with van der Waals surface area (Å²) in [5.41, 5.74) is 2.20.